The molecule has 2 rings (SSSR count). The van der Waals surface area contributed by atoms with Crippen molar-refractivity contribution in [2.75, 3.05) is 0 Å². The molecule has 2 aromatic heterocycles. The van der Waals surface area contributed by atoms with Crippen molar-refractivity contribution in [1.82, 2.24) is 15.0 Å². The molecule has 0 atom stereocenters. The zero-order valence-electron chi connectivity index (χ0n) is 5.83. The molecule has 12 heavy (non-hydrogen) atoms. The van der Waals surface area contributed by atoms with Crippen LogP contribution in [-0.2, 0) is 0 Å². The van der Waals surface area contributed by atoms with Gasteiger partial charge in [0.15, 0.2) is 11.0 Å². The standard InChI is InChI=1S/C7H3ClFN3/c8-7-6-4(1-10-3-12-6)5(9)2-11-7/h1-3H. The summed E-state index contributed by atoms with van der Waals surface area (Å²) in [7, 11) is 0. The number of rotatable bonds is 0. The van der Waals surface area contributed by atoms with E-state index in [9.17, 15) is 4.39 Å². The third kappa shape index (κ3) is 1.00. The first-order chi connectivity index (χ1) is 5.79. The van der Waals surface area contributed by atoms with Gasteiger partial charge >= 0.3 is 0 Å². The molecule has 0 saturated heterocycles. The van der Waals surface area contributed by atoms with Gasteiger partial charge in [0.1, 0.15) is 11.8 Å². The lowest BCUT2D eigenvalue weighted by Crippen LogP contribution is -1.88. The second kappa shape index (κ2) is 2.64. The van der Waals surface area contributed by atoms with Crippen LogP contribution in [-0.4, -0.2) is 15.0 Å². The number of hydrogen-bond acceptors (Lipinski definition) is 3. The molecule has 3 nitrogen and oxygen atoms in total. The van der Waals surface area contributed by atoms with Crippen molar-refractivity contribution in [1.29, 1.82) is 0 Å². The van der Waals surface area contributed by atoms with E-state index in [4.69, 9.17) is 11.6 Å². The number of halogens is 2. The second-order valence-corrected chi connectivity index (χ2v) is 2.54. The van der Waals surface area contributed by atoms with Crippen molar-refractivity contribution in [3.63, 3.8) is 0 Å². The van der Waals surface area contributed by atoms with E-state index in [0.717, 1.165) is 6.20 Å². The summed E-state index contributed by atoms with van der Waals surface area (Å²) < 4.78 is 13.0. The van der Waals surface area contributed by atoms with Crippen molar-refractivity contribution in [3.05, 3.63) is 29.7 Å². The maximum absolute atomic E-state index is 13.0. The average molecular weight is 184 g/mol. The van der Waals surface area contributed by atoms with E-state index in [2.05, 4.69) is 15.0 Å². The molecule has 2 heterocycles. The van der Waals surface area contributed by atoms with Crippen LogP contribution in [0.2, 0.25) is 5.15 Å². The van der Waals surface area contributed by atoms with Crippen LogP contribution < -0.4 is 0 Å². The molecule has 5 heteroatoms. The van der Waals surface area contributed by atoms with Crippen molar-refractivity contribution in [2.45, 2.75) is 0 Å². The van der Waals surface area contributed by atoms with Gasteiger partial charge in [-0.2, -0.15) is 0 Å². The first kappa shape index (κ1) is 7.36. The van der Waals surface area contributed by atoms with E-state index in [-0.39, 0.29) is 10.5 Å². The third-order valence-electron chi connectivity index (χ3n) is 1.46. The predicted octanol–water partition coefficient (Wildman–Crippen LogP) is 1.82. The van der Waals surface area contributed by atoms with E-state index in [1.807, 2.05) is 0 Å². The first-order valence-corrected chi connectivity index (χ1v) is 3.56. The van der Waals surface area contributed by atoms with Crippen LogP contribution in [0.1, 0.15) is 0 Å². The number of hydrogen-bond donors (Lipinski definition) is 0. The molecule has 0 amide bonds. The molecular weight excluding hydrogens is 181 g/mol. The van der Waals surface area contributed by atoms with Gasteiger partial charge in [-0.05, 0) is 0 Å². The Kier molecular flexibility index (Phi) is 1.62. The highest BCUT2D eigenvalue weighted by Crippen LogP contribution is 2.19. The normalized spacial score (nSPS) is 10.5. The number of fused-ring (bicyclic) bond motifs is 1. The second-order valence-electron chi connectivity index (χ2n) is 2.18. The van der Waals surface area contributed by atoms with E-state index in [0.29, 0.717) is 5.52 Å². The molecule has 0 spiro atoms. The Labute approximate surface area is 72.2 Å². The molecule has 60 valence electrons. The zero-order chi connectivity index (χ0) is 8.55. The molecule has 0 aliphatic heterocycles. The van der Waals surface area contributed by atoms with E-state index < -0.39 is 5.82 Å². The fourth-order valence-corrected chi connectivity index (χ4v) is 1.11. The Morgan fingerprint density at radius 1 is 1.25 bits per heavy atom. The molecule has 0 unspecified atom stereocenters. The van der Waals surface area contributed by atoms with Crippen LogP contribution in [0, 0.1) is 5.82 Å². The number of nitrogens with zero attached hydrogens (tertiary/aromatic N) is 3. The molecule has 0 fully saturated rings. The molecule has 0 aliphatic carbocycles. The summed E-state index contributed by atoms with van der Waals surface area (Å²) in [6, 6.07) is 0. The summed E-state index contributed by atoms with van der Waals surface area (Å²) in [5.74, 6) is -0.463. The highest BCUT2D eigenvalue weighted by Gasteiger charge is 2.05. The summed E-state index contributed by atoms with van der Waals surface area (Å²) >= 11 is 5.66. The van der Waals surface area contributed by atoms with Gasteiger partial charge in [0.05, 0.1) is 11.6 Å². The summed E-state index contributed by atoms with van der Waals surface area (Å²) in [4.78, 5) is 11.1. The Balaban J connectivity index is 2.95. The first-order valence-electron chi connectivity index (χ1n) is 3.19. The molecule has 2 aromatic rings. The smallest absolute Gasteiger partial charge is 0.155 e. The van der Waals surface area contributed by atoms with Gasteiger partial charge in [0, 0.05) is 6.20 Å². The SMILES string of the molecule is Fc1cnc(Cl)c2ncncc12. The van der Waals surface area contributed by atoms with Crippen LogP contribution in [0.4, 0.5) is 4.39 Å². The summed E-state index contributed by atoms with van der Waals surface area (Å²) in [6.07, 6.45) is 3.72. The molecule has 0 saturated carbocycles. The fourth-order valence-electron chi connectivity index (χ4n) is 0.913. The molecule has 0 aromatic carbocycles. The monoisotopic (exact) mass is 183 g/mol. The lowest BCUT2D eigenvalue weighted by Gasteiger charge is -1.97. The maximum Gasteiger partial charge on any atom is 0.155 e. The van der Waals surface area contributed by atoms with E-state index in [1.165, 1.54) is 12.5 Å². The number of pyridine rings is 1. The minimum absolute atomic E-state index is 0.189. The van der Waals surface area contributed by atoms with Crippen molar-refractivity contribution < 1.29 is 4.39 Å². The highest BCUT2D eigenvalue weighted by atomic mass is 35.5. The van der Waals surface area contributed by atoms with E-state index >= 15 is 0 Å². The van der Waals surface area contributed by atoms with Gasteiger partial charge in [-0.25, -0.2) is 19.3 Å². The van der Waals surface area contributed by atoms with Gasteiger partial charge in [-0.1, -0.05) is 11.6 Å². The van der Waals surface area contributed by atoms with Crippen molar-refractivity contribution in [2.24, 2.45) is 0 Å². The number of aromatic nitrogens is 3. The Hall–Kier alpha value is -1.29. The molecule has 0 bridgehead atoms. The Morgan fingerprint density at radius 3 is 2.83 bits per heavy atom. The van der Waals surface area contributed by atoms with Gasteiger partial charge in [0.25, 0.3) is 0 Å². The van der Waals surface area contributed by atoms with Crippen LogP contribution >= 0.6 is 11.6 Å². The minimum Gasteiger partial charge on any atom is -0.244 e. The zero-order valence-corrected chi connectivity index (χ0v) is 6.59. The molecular formula is C7H3ClFN3. The fraction of sp³-hybridized carbons (Fsp3) is 0. The topological polar surface area (TPSA) is 38.7 Å². The molecule has 0 N–H and O–H groups in total. The lowest BCUT2D eigenvalue weighted by molar-refractivity contribution is 0.633. The van der Waals surface area contributed by atoms with Crippen molar-refractivity contribution in [3.8, 4) is 0 Å². The van der Waals surface area contributed by atoms with Gasteiger partial charge in [-0.3, -0.25) is 0 Å². The predicted molar refractivity (Wildman–Crippen MR) is 42.3 cm³/mol. The van der Waals surface area contributed by atoms with Crippen LogP contribution in [0.3, 0.4) is 0 Å². The van der Waals surface area contributed by atoms with Gasteiger partial charge in [-0.15, -0.1) is 0 Å². The highest BCUT2D eigenvalue weighted by molar-refractivity contribution is 6.33. The van der Waals surface area contributed by atoms with E-state index in [1.54, 1.807) is 0 Å². The summed E-state index contributed by atoms with van der Waals surface area (Å²) in [6.45, 7) is 0. The molecule has 0 radical (unpaired) electrons. The Morgan fingerprint density at radius 2 is 2.08 bits per heavy atom. The average Bonchev–Trinajstić information content (AvgIpc) is 2.12. The Bertz CT molecular complexity index is 391. The van der Waals surface area contributed by atoms with Crippen LogP contribution in [0.15, 0.2) is 18.7 Å². The minimum atomic E-state index is -0.463. The van der Waals surface area contributed by atoms with Crippen molar-refractivity contribution >= 4 is 22.5 Å². The van der Waals surface area contributed by atoms with Crippen LogP contribution in [0.25, 0.3) is 10.9 Å². The largest absolute Gasteiger partial charge is 0.244 e. The van der Waals surface area contributed by atoms with Gasteiger partial charge < -0.3 is 0 Å². The molecule has 0 aliphatic rings. The summed E-state index contributed by atoms with van der Waals surface area (Å²) in [5, 5.41) is 0.478. The quantitative estimate of drug-likeness (QED) is 0.585. The van der Waals surface area contributed by atoms with Gasteiger partial charge in [0.2, 0.25) is 0 Å². The maximum atomic E-state index is 13.0. The lowest BCUT2D eigenvalue weighted by atomic mass is 10.3. The summed E-state index contributed by atoms with van der Waals surface area (Å²) in [5.41, 5.74) is 0.340. The third-order valence-corrected chi connectivity index (χ3v) is 1.73. The van der Waals surface area contributed by atoms with Crippen LogP contribution in [0.5, 0.6) is 0 Å².